The summed E-state index contributed by atoms with van der Waals surface area (Å²) in [6.07, 6.45) is 0. The molecule has 1 aromatic heterocycles. The Hall–Kier alpha value is -1.78. The van der Waals surface area contributed by atoms with E-state index in [-0.39, 0.29) is 12.4 Å². The minimum absolute atomic E-state index is 0. The first kappa shape index (κ1) is 13.6. The van der Waals surface area contributed by atoms with Crippen molar-refractivity contribution in [3.8, 4) is 0 Å². The summed E-state index contributed by atoms with van der Waals surface area (Å²) in [5.41, 5.74) is 2.42. The van der Waals surface area contributed by atoms with Crippen LogP contribution in [0.1, 0.15) is 5.56 Å². The van der Waals surface area contributed by atoms with E-state index in [1.165, 1.54) is 15.8 Å². The Morgan fingerprint density at radius 1 is 1.00 bits per heavy atom. The fraction of sp³-hybridized carbons (Fsp3) is 0.0714. The van der Waals surface area contributed by atoms with Crippen LogP contribution in [0.25, 0.3) is 10.2 Å². The predicted octanol–water partition coefficient (Wildman–Crippen LogP) is 2.95. The number of rotatable bonds is 2. The van der Waals surface area contributed by atoms with Gasteiger partial charge in [0.05, 0.1) is 16.8 Å². The second-order valence-electron chi connectivity index (χ2n) is 4.05. The van der Waals surface area contributed by atoms with Crippen molar-refractivity contribution in [2.24, 2.45) is 10.9 Å². The molecule has 3 nitrogen and oxygen atoms in total. The summed E-state index contributed by atoms with van der Waals surface area (Å²) in [6.45, 7) is 0.793. The zero-order valence-corrected chi connectivity index (χ0v) is 11.8. The van der Waals surface area contributed by atoms with Gasteiger partial charge in [-0.1, -0.05) is 53.8 Å². The van der Waals surface area contributed by atoms with E-state index >= 15 is 0 Å². The lowest BCUT2D eigenvalue weighted by molar-refractivity contribution is 0.789. The summed E-state index contributed by atoms with van der Waals surface area (Å²) in [7, 11) is 0. The molecule has 0 radical (unpaired) electrons. The van der Waals surface area contributed by atoms with Gasteiger partial charge in [0, 0.05) is 0 Å². The molecule has 5 heteroatoms. The molecule has 0 spiro atoms. The van der Waals surface area contributed by atoms with E-state index in [1.807, 2.05) is 30.3 Å². The van der Waals surface area contributed by atoms with Crippen LogP contribution in [0.3, 0.4) is 0 Å². The third-order valence-electron chi connectivity index (χ3n) is 2.88. The van der Waals surface area contributed by atoms with E-state index in [2.05, 4.69) is 33.9 Å². The molecule has 0 aliphatic carbocycles. The quantitative estimate of drug-likeness (QED) is 0.572. The third kappa shape index (κ3) is 2.64. The summed E-state index contributed by atoms with van der Waals surface area (Å²) in [5, 5.41) is 3.89. The van der Waals surface area contributed by atoms with Gasteiger partial charge >= 0.3 is 0 Å². The van der Waals surface area contributed by atoms with E-state index in [0.29, 0.717) is 0 Å². The normalized spacial score (nSPS) is 11.5. The molecule has 0 amide bonds. The first-order chi connectivity index (χ1) is 8.88. The molecule has 3 aromatic rings. The molecule has 1 heterocycles. The van der Waals surface area contributed by atoms with Gasteiger partial charge in [-0.2, -0.15) is 5.10 Å². The van der Waals surface area contributed by atoms with Crippen LogP contribution in [0.5, 0.6) is 0 Å². The number of para-hydroxylation sites is 1. The van der Waals surface area contributed by atoms with Gasteiger partial charge in [0.2, 0.25) is 4.80 Å². The highest BCUT2D eigenvalue weighted by Gasteiger charge is 2.05. The molecule has 0 saturated heterocycles. The predicted molar refractivity (Wildman–Crippen MR) is 82.4 cm³/mol. The number of hydrogen-bond donors (Lipinski definition) is 1. The van der Waals surface area contributed by atoms with E-state index in [4.69, 9.17) is 5.84 Å². The Morgan fingerprint density at radius 3 is 2.42 bits per heavy atom. The minimum atomic E-state index is 0. The average Bonchev–Trinajstić information content (AvgIpc) is 2.78. The molecule has 0 aliphatic rings. The van der Waals surface area contributed by atoms with Crippen molar-refractivity contribution in [1.82, 2.24) is 4.57 Å². The molecule has 2 N–H and O–H groups in total. The standard InChI is InChI=1S/C14H13N3S.ClH/c15-16-14-17(10-11-6-2-1-3-7-11)12-8-4-5-9-13(12)18-14;/h1-9H,10,15H2;1H. The molecule has 0 aliphatic heterocycles. The van der Waals surface area contributed by atoms with Gasteiger partial charge in [-0.25, -0.2) is 0 Å². The molecule has 2 aromatic carbocycles. The topological polar surface area (TPSA) is 43.3 Å². The highest BCUT2D eigenvalue weighted by Crippen LogP contribution is 2.17. The van der Waals surface area contributed by atoms with Gasteiger partial charge in [-0.05, 0) is 17.7 Å². The zero-order chi connectivity index (χ0) is 12.4. The molecule has 0 unspecified atom stereocenters. The molecule has 0 saturated carbocycles. The lowest BCUT2D eigenvalue weighted by Crippen LogP contribution is -2.17. The van der Waals surface area contributed by atoms with Crippen molar-refractivity contribution in [3.05, 3.63) is 65.0 Å². The fourth-order valence-corrected chi connectivity index (χ4v) is 2.99. The van der Waals surface area contributed by atoms with Crippen LogP contribution < -0.4 is 10.6 Å². The summed E-state index contributed by atoms with van der Waals surface area (Å²) < 4.78 is 3.35. The third-order valence-corrected chi connectivity index (χ3v) is 3.96. The molecule has 0 bridgehead atoms. The molecular weight excluding hydrogens is 278 g/mol. The van der Waals surface area contributed by atoms with Crippen LogP contribution in [-0.2, 0) is 6.54 Å². The number of aromatic nitrogens is 1. The second kappa shape index (κ2) is 5.91. The molecule has 3 rings (SSSR count). The van der Waals surface area contributed by atoms with Crippen molar-refractivity contribution < 1.29 is 0 Å². The molecule has 0 atom stereocenters. The van der Waals surface area contributed by atoms with Crippen LogP contribution >= 0.6 is 23.7 Å². The van der Waals surface area contributed by atoms with E-state index < -0.39 is 0 Å². The van der Waals surface area contributed by atoms with Gasteiger partial charge < -0.3 is 10.4 Å². The number of fused-ring (bicyclic) bond motifs is 1. The monoisotopic (exact) mass is 291 g/mol. The van der Waals surface area contributed by atoms with Crippen molar-refractivity contribution in [2.75, 3.05) is 0 Å². The smallest absolute Gasteiger partial charge is 0.208 e. The lowest BCUT2D eigenvalue weighted by atomic mass is 10.2. The zero-order valence-electron chi connectivity index (χ0n) is 10.2. The van der Waals surface area contributed by atoms with Crippen molar-refractivity contribution >= 4 is 34.0 Å². The van der Waals surface area contributed by atoms with Crippen molar-refractivity contribution in [1.29, 1.82) is 0 Å². The Balaban J connectivity index is 0.00000133. The number of halogens is 1. The van der Waals surface area contributed by atoms with Gasteiger partial charge in [0.25, 0.3) is 0 Å². The minimum Gasteiger partial charge on any atom is -0.320 e. The van der Waals surface area contributed by atoms with Gasteiger partial charge in [0.1, 0.15) is 0 Å². The van der Waals surface area contributed by atoms with E-state index in [0.717, 1.165) is 11.3 Å². The highest BCUT2D eigenvalue weighted by atomic mass is 35.5. The molecule has 19 heavy (non-hydrogen) atoms. The van der Waals surface area contributed by atoms with Crippen LogP contribution in [0.4, 0.5) is 0 Å². The number of hydrogen-bond acceptors (Lipinski definition) is 3. The maximum Gasteiger partial charge on any atom is 0.208 e. The summed E-state index contributed by atoms with van der Waals surface area (Å²) >= 11 is 1.61. The Morgan fingerprint density at radius 2 is 1.68 bits per heavy atom. The number of thiazole rings is 1. The largest absolute Gasteiger partial charge is 0.320 e. The van der Waals surface area contributed by atoms with E-state index in [1.54, 1.807) is 11.3 Å². The SMILES string of the molecule is Cl.NN=c1sc2ccccc2n1Cc1ccccc1. The van der Waals surface area contributed by atoms with Crippen LogP contribution in [0.15, 0.2) is 59.7 Å². The maximum atomic E-state index is 5.48. The molecular formula is C14H14ClN3S. The first-order valence-corrected chi connectivity index (χ1v) is 6.56. The molecule has 0 fully saturated rings. The van der Waals surface area contributed by atoms with Gasteiger partial charge in [-0.15, -0.1) is 12.4 Å². The van der Waals surface area contributed by atoms with E-state index in [9.17, 15) is 0 Å². The van der Waals surface area contributed by atoms with Crippen LogP contribution in [0, 0.1) is 0 Å². The highest BCUT2D eigenvalue weighted by molar-refractivity contribution is 7.16. The molecule has 98 valence electrons. The second-order valence-corrected chi connectivity index (χ2v) is 5.06. The van der Waals surface area contributed by atoms with Crippen LogP contribution in [-0.4, -0.2) is 4.57 Å². The number of nitrogens with two attached hydrogens (primary N) is 1. The summed E-state index contributed by atoms with van der Waals surface area (Å²) in [5.74, 6) is 5.48. The Kier molecular flexibility index (Phi) is 4.24. The fourth-order valence-electron chi connectivity index (χ4n) is 2.04. The first-order valence-electron chi connectivity index (χ1n) is 5.75. The van der Waals surface area contributed by atoms with Crippen molar-refractivity contribution in [3.63, 3.8) is 0 Å². The Labute approximate surface area is 121 Å². The summed E-state index contributed by atoms with van der Waals surface area (Å²) in [6, 6.07) is 18.6. The number of benzene rings is 2. The average molecular weight is 292 g/mol. The lowest BCUT2D eigenvalue weighted by Gasteiger charge is -2.04. The van der Waals surface area contributed by atoms with Crippen LogP contribution in [0.2, 0.25) is 0 Å². The summed E-state index contributed by atoms with van der Waals surface area (Å²) in [4.78, 5) is 0.847. The number of nitrogens with zero attached hydrogens (tertiary/aromatic N) is 2. The van der Waals surface area contributed by atoms with Gasteiger partial charge in [-0.3, -0.25) is 0 Å². The van der Waals surface area contributed by atoms with Crippen molar-refractivity contribution in [2.45, 2.75) is 6.54 Å². The Bertz CT molecular complexity index is 731. The maximum absolute atomic E-state index is 5.48. The van der Waals surface area contributed by atoms with Gasteiger partial charge in [0.15, 0.2) is 0 Å².